The van der Waals surface area contributed by atoms with E-state index in [-0.39, 0.29) is 11.8 Å². The van der Waals surface area contributed by atoms with Gasteiger partial charge in [-0.2, -0.15) is 5.26 Å². The van der Waals surface area contributed by atoms with Gasteiger partial charge in [0, 0.05) is 31.7 Å². The van der Waals surface area contributed by atoms with Crippen molar-refractivity contribution in [2.24, 2.45) is 0 Å². The van der Waals surface area contributed by atoms with Crippen molar-refractivity contribution in [2.75, 3.05) is 31.1 Å². The van der Waals surface area contributed by atoms with Gasteiger partial charge in [-0.15, -0.1) is 0 Å². The minimum Gasteiger partial charge on any atom is -0.459 e. The minimum absolute atomic E-state index is 0.103. The molecule has 0 unspecified atom stereocenters. The Morgan fingerprint density at radius 3 is 2.43 bits per heavy atom. The molecule has 6 nitrogen and oxygen atoms in total. The summed E-state index contributed by atoms with van der Waals surface area (Å²) in [6.45, 7) is 6.52. The molecule has 0 atom stereocenters. The molecule has 1 aliphatic heterocycles. The molecular weight excluding hydrogens is 376 g/mol. The van der Waals surface area contributed by atoms with Gasteiger partial charge in [0.1, 0.15) is 11.9 Å². The van der Waals surface area contributed by atoms with E-state index in [0.29, 0.717) is 43.3 Å². The van der Waals surface area contributed by atoms with E-state index in [1.807, 2.05) is 36.4 Å². The molecule has 152 valence electrons. The number of furan rings is 1. The summed E-state index contributed by atoms with van der Waals surface area (Å²) in [4.78, 5) is 21.3. The first-order valence-corrected chi connectivity index (χ1v) is 10.2. The Kier molecular flexibility index (Phi) is 5.53. The number of amides is 1. The normalized spacial score (nSPS) is 14.1. The van der Waals surface area contributed by atoms with Crippen LogP contribution < -0.4 is 4.90 Å². The van der Waals surface area contributed by atoms with E-state index < -0.39 is 0 Å². The minimum atomic E-state index is -0.103. The highest BCUT2D eigenvalue weighted by molar-refractivity contribution is 5.91. The zero-order chi connectivity index (χ0) is 21.1. The van der Waals surface area contributed by atoms with Gasteiger partial charge in [-0.25, -0.2) is 4.98 Å². The monoisotopic (exact) mass is 400 g/mol. The molecule has 1 amide bonds. The molecule has 6 heteroatoms. The molecule has 2 aromatic heterocycles. The lowest BCUT2D eigenvalue weighted by Crippen LogP contribution is -2.49. The Morgan fingerprint density at radius 1 is 1.10 bits per heavy atom. The number of hydrogen-bond donors (Lipinski definition) is 0. The van der Waals surface area contributed by atoms with E-state index in [2.05, 4.69) is 24.8 Å². The maximum absolute atomic E-state index is 12.6. The average Bonchev–Trinajstić information content (AvgIpc) is 3.33. The fraction of sp³-hybridized carbons (Fsp3) is 0.292. The van der Waals surface area contributed by atoms with Crippen LogP contribution in [0.3, 0.4) is 0 Å². The Balaban J connectivity index is 1.64. The smallest absolute Gasteiger partial charge is 0.289 e. The van der Waals surface area contributed by atoms with Gasteiger partial charge in [-0.1, -0.05) is 44.2 Å². The lowest BCUT2D eigenvalue weighted by atomic mass is 9.96. The van der Waals surface area contributed by atoms with Gasteiger partial charge in [-0.05, 0) is 29.7 Å². The lowest BCUT2D eigenvalue weighted by molar-refractivity contribution is 0.0714. The first-order valence-electron chi connectivity index (χ1n) is 10.2. The molecule has 1 saturated heterocycles. The molecule has 0 radical (unpaired) electrons. The Hall–Kier alpha value is -3.59. The zero-order valence-corrected chi connectivity index (χ0v) is 17.2. The van der Waals surface area contributed by atoms with E-state index in [4.69, 9.17) is 9.40 Å². The molecule has 30 heavy (non-hydrogen) atoms. The Bertz CT molecular complexity index is 1060. The van der Waals surface area contributed by atoms with Crippen LogP contribution in [0, 0.1) is 11.3 Å². The Labute approximate surface area is 176 Å². The average molecular weight is 400 g/mol. The highest BCUT2D eigenvalue weighted by atomic mass is 16.3. The summed E-state index contributed by atoms with van der Waals surface area (Å²) in [6, 6.07) is 17.8. The molecule has 3 aromatic rings. The standard InChI is InChI=1S/C24H24N4O2/c1-17(2)19-15-21(18-7-4-3-5-8-18)26-23(20(19)16-25)27-10-12-28(13-11-27)24(29)22-9-6-14-30-22/h3-9,14-15,17H,10-13H2,1-2H3. The van der Waals surface area contributed by atoms with E-state index in [0.717, 1.165) is 16.8 Å². The second kappa shape index (κ2) is 8.42. The summed E-state index contributed by atoms with van der Waals surface area (Å²) in [6.07, 6.45) is 1.51. The number of anilines is 1. The quantitative estimate of drug-likeness (QED) is 0.653. The highest BCUT2D eigenvalue weighted by Crippen LogP contribution is 2.32. The predicted octanol–water partition coefficient (Wildman–Crippen LogP) is 4.30. The first kappa shape index (κ1) is 19.7. The van der Waals surface area contributed by atoms with Gasteiger partial charge in [0.25, 0.3) is 5.91 Å². The summed E-state index contributed by atoms with van der Waals surface area (Å²) in [5.74, 6) is 1.15. The van der Waals surface area contributed by atoms with Crippen LogP contribution in [0.2, 0.25) is 0 Å². The number of benzene rings is 1. The van der Waals surface area contributed by atoms with Crippen LogP contribution in [0.5, 0.6) is 0 Å². The molecule has 0 spiro atoms. The summed E-state index contributed by atoms with van der Waals surface area (Å²) < 4.78 is 5.24. The summed E-state index contributed by atoms with van der Waals surface area (Å²) >= 11 is 0. The topological polar surface area (TPSA) is 73.4 Å². The van der Waals surface area contributed by atoms with Crippen LogP contribution in [-0.2, 0) is 0 Å². The Morgan fingerprint density at radius 2 is 1.83 bits per heavy atom. The molecule has 1 aliphatic rings. The molecule has 1 aromatic carbocycles. The maximum Gasteiger partial charge on any atom is 0.289 e. The number of nitrogens with zero attached hydrogens (tertiary/aromatic N) is 4. The molecular formula is C24H24N4O2. The number of hydrogen-bond acceptors (Lipinski definition) is 5. The molecule has 0 saturated carbocycles. The number of piperazine rings is 1. The van der Waals surface area contributed by atoms with E-state index in [9.17, 15) is 10.1 Å². The highest BCUT2D eigenvalue weighted by Gasteiger charge is 2.27. The van der Waals surface area contributed by atoms with Crippen molar-refractivity contribution in [1.82, 2.24) is 9.88 Å². The van der Waals surface area contributed by atoms with Crippen LogP contribution in [0.25, 0.3) is 11.3 Å². The molecule has 4 rings (SSSR count). The van der Waals surface area contributed by atoms with Crippen LogP contribution >= 0.6 is 0 Å². The molecule has 0 aliphatic carbocycles. The SMILES string of the molecule is CC(C)c1cc(-c2ccccc2)nc(N2CCN(C(=O)c3ccco3)CC2)c1C#N. The van der Waals surface area contributed by atoms with Gasteiger partial charge in [0.2, 0.25) is 0 Å². The van der Waals surface area contributed by atoms with Gasteiger partial charge in [-0.3, -0.25) is 4.79 Å². The fourth-order valence-electron chi connectivity index (χ4n) is 3.78. The van der Waals surface area contributed by atoms with Crippen molar-refractivity contribution in [3.8, 4) is 17.3 Å². The number of nitriles is 1. The third kappa shape index (κ3) is 3.79. The summed E-state index contributed by atoms with van der Waals surface area (Å²) in [5, 5.41) is 9.91. The van der Waals surface area contributed by atoms with Crippen molar-refractivity contribution < 1.29 is 9.21 Å². The second-order valence-electron chi connectivity index (χ2n) is 7.68. The number of carbonyl (C=O) groups excluding carboxylic acids is 1. The third-order valence-corrected chi connectivity index (χ3v) is 5.43. The van der Waals surface area contributed by atoms with Crippen molar-refractivity contribution in [2.45, 2.75) is 19.8 Å². The largest absolute Gasteiger partial charge is 0.459 e. The van der Waals surface area contributed by atoms with Gasteiger partial charge < -0.3 is 14.2 Å². The number of aromatic nitrogens is 1. The molecule has 3 heterocycles. The maximum atomic E-state index is 12.6. The third-order valence-electron chi connectivity index (χ3n) is 5.43. The number of carbonyl (C=O) groups is 1. The van der Waals surface area contributed by atoms with Crippen molar-refractivity contribution in [3.05, 3.63) is 71.7 Å². The van der Waals surface area contributed by atoms with Crippen LogP contribution in [0.4, 0.5) is 5.82 Å². The van der Waals surface area contributed by atoms with Crippen LogP contribution in [0.1, 0.15) is 41.4 Å². The van der Waals surface area contributed by atoms with E-state index in [1.54, 1.807) is 17.0 Å². The summed E-state index contributed by atoms with van der Waals surface area (Å²) in [5.41, 5.74) is 3.50. The lowest BCUT2D eigenvalue weighted by Gasteiger charge is -2.36. The number of pyridine rings is 1. The van der Waals surface area contributed by atoms with Gasteiger partial charge in [0.15, 0.2) is 5.76 Å². The van der Waals surface area contributed by atoms with Crippen molar-refractivity contribution >= 4 is 11.7 Å². The van der Waals surface area contributed by atoms with Crippen LogP contribution in [0.15, 0.2) is 59.2 Å². The zero-order valence-electron chi connectivity index (χ0n) is 17.2. The molecule has 1 fully saturated rings. The summed E-state index contributed by atoms with van der Waals surface area (Å²) in [7, 11) is 0. The first-order chi connectivity index (χ1) is 14.6. The van der Waals surface area contributed by atoms with E-state index >= 15 is 0 Å². The van der Waals surface area contributed by atoms with Gasteiger partial charge >= 0.3 is 0 Å². The molecule has 0 N–H and O–H groups in total. The second-order valence-corrected chi connectivity index (χ2v) is 7.68. The van der Waals surface area contributed by atoms with Crippen molar-refractivity contribution in [1.29, 1.82) is 5.26 Å². The van der Waals surface area contributed by atoms with Crippen LogP contribution in [-0.4, -0.2) is 42.0 Å². The molecule has 0 bridgehead atoms. The number of rotatable bonds is 4. The predicted molar refractivity (Wildman–Crippen MR) is 115 cm³/mol. The van der Waals surface area contributed by atoms with Crippen molar-refractivity contribution in [3.63, 3.8) is 0 Å². The van der Waals surface area contributed by atoms with Gasteiger partial charge in [0.05, 0.1) is 17.5 Å². The van der Waals surface area contributed by atoms with E-state index in [1.165, 1.54) is 6.26 Å². The fourth-order valence-corrected chi connectivity index (χ4v) is 3.78.